The predicted molar refractivity (Wildman–Crippen MR) is 107 cm³/mol. The Balaban J connectivity index is 2.08. The monoisotopic (exact) mass is 391 g/mol. The lowest BCUT2D eigenvalue weighted by atomic mass is 10.3. The average molecular weight is 391 g/mol. The highest BCUT2D eigenvalue weighted by Crippen LogP contribution is 2.29. The molecule has 7 nitrogen and oxygen atoms in total. The second-order valence-corrected chi connectivity index (χ2v) is 8.34. The van der Waals surface area contributed by atoms with E-state index in [1.165, 1.54) is 0 Å². The van der Waals surface area contributed by atoms with Gasteiger partial charge in [0, 0.05) is 13.1 Å². The fourth-order valence-electron chi connectivity index (χ4n) is 2.30. The Morgan fingerprint density at radius 3 is 2.26 bits per heavy atom. The van der Waals surface area contributed by atoms with E-state index in [0.717, 1.165) is 10.6 Å². The molecule has 0 fully saturated rings. The van der Waals surface area contributed by atoms with Crippen LogP contribution in [0, 0.1) is 0 Å². The number of likely N-dealkylation sites (N-methyl/N-ethyl adjacent to an activating group) is 1. The van der Waals surface area contributed by atoms with Gasteiger partial charge in [0.15, 0.2) is 5.75 Å². The number of hydrogen-bond donors (Lipinski definition) is 1. The molecule has 0 aromatic heterocycles. The van der Waals surface area contributed by atoms with Gasteiger partial charge in [-0.2, -0.15) is 4.31 Å². The van der Waals surface area contributed by atoms with Gasteiger partial charge in [0.1, 0.15) is 5.75 Å². The lowest BCUT2D eigenvalue weighted by molar-refractivity contribution is -0.116. The zero-order valence-corrected chi connectivity index (χ0v) is 16.6. The molecule has 27 heavy (non-hydrogen) atoms. The first-order valence-corrected chi connectivity index (χ1v) is 10.3. The number of benzene rings is 2. The molecule has 0 unspecified atom stereocenters. The third-order valence-electron chi connectivity index (χ3n) is 3.72. The minimum atomic E-state index is -3.49. The summed E-state index contributed by atoms with van der Waals surface area (Å²) in [6.45, 7) is 0.502. The Kier molecular flexibility index (Phi) is 7.35. The van der Waals surface area contributed by atoms with Gasteiger partial charge in [0.2, 0.25) is 15.9 Å². The normalized spacial score (nSPS) is 11.6. The molecule has 0 bridgehead atoms. The number of carbonyl (C=O) groups is 1. The van der Waals surface area contributed by atoms with Gasteiger partial charge in [-0.1, -0.05) is 30.3 Å². The van der Waals surface area contributed by atoms with Crippen LogP contribution in [0.1, 0.15) is 0 Å². The van der Waals surface area contributed by atoms with E-state index in [1.807, 2.05) is 49.3 Å². The number of amides is 1. The standard InChI is InChI=1S/C19H25N3O4S/c1-21(2)13-14-22(27(3,24)25)15-19(23)20-17-11-7-8-12-18(17)26-16-9-5-4-6-10-16/h4-12H,13-15H2,1-3H3,(H,20,23). The molecule has 2 aromatic carbocycles. The van der Waals surface area contributed by atoms with E-state index >= 15 is 0 Å². The van der Waals surface area contributed by atoms with E-state index in [9.17, 15) is 13.2 Å². The zero-order chi connectivity index (χ0) is 19.9. The van der Waals surface area contributed by atoms with Crippen molar-refractivity contribution in [3.05, 3.63) is 54.6 Å². The zero-order valence-electron chi connectivity index (χ0n) is 15.8. The van der Waals surface area contributed by atoms with Crippen LogP contribution >= 0.6 is 0 Å². The average Bonchev–Trinajstić information content (AvgIpc) is 2.60. The number of para-hydroxylation sites is 3. The molecule has 1 amide bonds. The van der Waals surface area contributed by atoms with E-state index in [-0.39, 0.29) is 13.1 Å². The van der Waals surface area contributed by atoms with Crippen molar-refractivity contribution in [1.29, 1.82) is 0 Å². The van der Waals surface area contributed by atoms with Crippen molar-refractivity contribution in [3.8, 4) is 11.5 Å². The molecular formula is C19H25N3O4S. The number of rotatable bonds is 9. The minimum Gasteiger partial charge on any atom is -0.455 e. The molecule has 0 atom stereocenters. The van der Waals surface area contributed by atoms with Gasteiger partial charge in [-0.15, -0.1) is 0 Å². The number of ether oxygens (including phenoxy) is 1. The van der Waals surface area contributed by atoms with Crippen LogP contribution in [-0.4, -0.2) is 63.5 Å². The van der Waals surface area contributed by atoms with Crippen molar-refractivity contribution in [2.24, 2.45) is 0 Å². The molecule has 1 N–H and O–H groups in total. The summed E-state index contributed by atoms with van der Waals surface area (Å²) < 4.78 is 30.8. The number of sulfonamides is 1. The van der Waals surface area contributed by atoms with Crippen LogP contribution in [0.3, 0.4) is 0 Å². The Labute approximate surface area is 160 Å². The van der Waals surface area contributed by atoms with E-state index in [4.69, 9.17) is 4.74 Å². The number of hydrogen-bond acceptors (Lipinski definition) is 5. The van der Waals surface area contributed by atoms with Crippen LogP contribution < -0.4 is 10.1 Å². The summed E-state index contributed by atoms with van der Waals surface area (Å²) in [7, 11) is 0.198. The summed E-state index contributed by atoms with van der Waals surface area (Å²) in [5, 5.41) is 2.74. The highest BCUT2D eigenvalue weighted by atomic mass is 32.2. The van der Waals surface area contributed by atoms with E-state index < -0.39 is 15.9 Å². The quantitative estimate of drug-likeness (QED) is 0.709. The first-order chi connectivity index (χ1) is 12.8. The maximum Gasteiger partial charge on any atom is 0.239 e. The fourth-order valence-corrected chi connectivity index (χ4v) is 3.06. The second kappa shape index (κ2) is 9.50. The van der Waals surface area contributed by atoms with Crippen LogP contribution in [0.2, 0.25) is 0 Å². The highest BCUT2D eigenvalue weighted by molar-refractivity contribution is 7.88. The second-order valence-electron chi connectivity index (χ2n) is 6.36. The fraction of sp³-hybridized carbons (Fsp3) is 0.316. The lowest BCUT2D eigenvalue weighted by Crippen LogP contribution is -2.41. The summed E-state index contributed by atoms with van der Waals surface area (Å²) in [6, 6.07) is 16.2. The summed E-state index contributed by atoms with van der Waals surface area (Å²) >= 11 is 0. The van der Waals surface area contributed by atoms with E-state index in [0.29, 0.717) is 23.7 Å². The van der Waals surface area contributed by atoms with Crippen molar-refractivity contribution in [2.75, 3.05) is 45.3 Å². The Morgan fingerprint density at radius 2 is 1.63 bits per heavy atom. The van der Waals surface area contributed by atoms with Crippen molar-refractivity contribution < 1.29 is 17.9 Å². The van der Waals surface area contributed by atoms with Crippen molar-refractivity contribution in [2.45, 2.75) is 0 Å². The topological polar surface area (TPSA) is 79.0 Å². The maximum absolute atomic E-state index is 12.4. The molecular weight excluding hydrogens is 366 g/mol. The van der Waals surface area contributed by atoms with Gasteiger partial charge in [-0.25, -0.2) is 8.42 Å². The van der Waals surface area contributed by atoms with Gasteiger partial charge in [0.05, 0.1) is 18.5 Å². The van der Waals surface area contributed by atoms with Gasteiger partial charge in [-0.3, -0.25) is 4.79 Å². The van der Waals surface area contributed by atoms with Crippen LogP contribution in [0.5, 0.6) is 11.5 Å². The van der Waals surface area contributed by atoms with Crippen LogP contribution in [0.25, 0.3) is 0 Å². The van der Waals surface area contributed by atoms with Crippen LogP contribution in [0.4, 0.5) is 5.69 Å². The van der Waals surface area contributed by atoms with Crippen molar-refractivity contribution in [1.82, 2.24) is 9.21 Å². The summed E-state index contributed by atoms with van der Waals surface area (Å²) in [5.41, 5.74) is 0.479. The molecule has 2 rings (SSSR count). The summed E-state index contributed by atoms with van der Waals surface area (Å²) in [4.78, 5) is 14.3. The van der Waals surface area contributed by atoms with Gasteiger partial charge >= 0.3 is 0 Å². The molecule has 0 saturated carbocycles. The van der Waals surface area contributed by atoms with Crippen LogP contribution in [0.15, 0.2) is 54.6 Å². The van der Waals surface area contributed by atoms with E-state index in [1.54, 1.807) is 24.3 Å². The Morgan fingerprint density at radius 1 is 1.00 bits per heavy atom. The third kappa shape index (κ3) is 7.01. The molecule has 146 valence electrons. The number of carbonyl (C=O) groups excluding carboxylic acids is 1. The van der Waals surface area contributed by atoms with Crippen molar-refractivity contribution >= 4 is 21.6 Å². The highest BCUT2D eigenvalue weighted by Gasteiger charge is 2.20. The molecule has 0 spiro atoms. The van der Waals surface area contributed by atoms with Gasteiger partial charge in [0.25, 0.3) is 0 Å². The first-order valence-electron chi connectivity index (χ1n) is 8.47. The molecule has 0 aliphatic carbocycles. The minimum absolute atomic E-state index is 0.238. The number of nitrogens with zero attached hydrogens (tertiary/aromatic N) is 2. The molecule has 0 radical (unpaired) electrons. The third-order valence-corrected chi connectivity index (χ3v) is 4.97. The SMILES string of the molecule is CN(C)CCN(CC(=O)Nc1ccccc1Oc1ccccc1)S(C)(=O)=O. The maximum atomic E-state index is 12.4. The van der Waals surface area contributed by atoms with Crippen LogP contribution in [-0.2, 0) is 14.8 Å². The molecule has 0 saturated heterocycles. The molecule has 2 aromatic rings. The molecule has 8 heteroatoms. The van der Waals surface area contributed by atoms with Crippen molar-refractivity contribution in [3.63, 3.8) is 0 Å². The van der Waals surface area contributed by atoms with Gasteiger partial charge in [-0.05, 0) is 38.4 Å². The molecule has 0 heterocycles. The first kappa shape index (κ1) is 20.9. The van der Waals surface area contributed by atoms with E-state index in [2.05, 4.69) is 5.32 Å². The lowest BCUT2D eigenvalue weighted by Gasteiger charge is -2.21. The smallest absolute Gasteiger partial charge is 0.239 e. The summed E-state index contributed by atoms with van der Waals surface area (Å²) in [5.74, 6) is 0.697. The number of nitrogens with one attached hydrogen (secondary N) is 1. The van der Waals surface area contributed by atoms with Gasteiger partial charge < -0.3 is 15.0 Å². The predicted octanol–water partition coefficient (Wildman–Crippen LogP) is 2.24. The largest absolute Gasteiger partial charge is 0.455 e. The summed E-state index contributed by atoms with van der Waals surface area (Å²) in [6.07, 6.45) is 1.10. The molecule has 0 aliphatic heterocycles. The Bertz CT molecular complexity index is 854. The number of anilines is 1. The Hall–Kier alpha value is -2.42. The molecule has 0 aliphatic rings.